The van der Waals surface area contributed by atoms with Crippen LogP contribution in [-0.4, -0.2) is 34.1 Å². The Balaban J connectivity index is 1.50. The Bertz CT molecular complexity index is 1200. The molecule has 0 amide bonds. The molecule has 4 aromatic rings. The van der Waals surface area contributed by atoms with E-state index in [0.717, 1.165) is 34.6 Å². The monoisotopic (exact) mass is 463 g/mol. The lowest BCUT2D eigenvalue weighted by molar-refractivity contribution is 0.301. The highest BCUT2D eigenvalue weighted by molar-refractivity contribution is 6.32. The maximum absolute atomic E-state index is 6.47. The molecule has 170 valence electrons. The van der Waals surface area contributed by atoms with Crippen LogP contribution >= 0.6 is 11.6 Å². The van der Waals surface area contributed by atoms with E-state index < -0.39 is 0 Å². The van der Waals surface area contributed by atoms with Gasteiger partial charge in [-0.05, 0) is 42.5 Å². The fourth-order valence-electron chi connectivity index (χ4n) is 3.27. The SMILES string of the molecule is CC(C)NCCOc1cccc2ncnc(Nc3ccc(OCc4ccccn4)c(Cl)c3)c12. The van der Waals surface area contributed by atoms with E-state index in [1.807, 2.05) is 48.5 Å². The quantitative estimate of drug-likeness (QED) is 0.305. The maximum Gasteiger partial charge on any atom is 0.145 e. The summed E-state index contributed by atoms with van der Waals surface area (Å²) in [5.74, 6) is 1.95. The molecule has 4 rings (SSSR count). The van der Waals surface area contributed by atoms with Gasteiger partial charge in [0.15, 0.2) is 0 Å². The molecule has 8 heteroatoms. The van der Waals surface area contributed by atoms with Gasteiger partial charge < -0.3 is 20.1 Å². The molecule has 2 aromatic heterocycles. The number of anilines is 2. The summed E-state index contributed by atoms with van der Waals surface area (Å²) >= 11 is 6.47. The van der Waals surface area contributed by atoms with Gasteiger partial charge in [-0.3, -0.25) is 4.98 Å². The molecule has 0 radical (unpaired) electrons. The summed E-state index contributed by atoms with van der Waals surface area (Å²) in [5.41, 5.74) is 2.41. The zero-order valence-corrected chi connectivity index (χ0v) is 19.3. The first-order valence-corrected chi connectivity index (χ1v) is 11.2. The van der Waals surface area contributed by atoms with Crippen LogP contribution in [-0.2, 0) is 6.61 Å². The van der Waals surface area contributed by atoms with Crippen molar-refractivity contribution in [2.45, 2.75) is 26.5 Å². The summed E-state index contributed by atoms with van der Waals surface area (Å²) in [7, 11) is 0. The minimum atomic E-state index is 0.344. The van der Waals surface area contributed by atoms with Crippen LogP contribution in [0.3, 0.4) is 0 Å². The average Bonchev–Trinajstić information content (AvgIpc) is 2.82. The number of fused-ring (bicyclic) bond motifs is 1. The summed E-state index contributed by atoms with van der Waals surface area (Å²) in [6.07, 6.45) is 3.26. The fraction of sp³-hybridized carbons (Fsp3) is 0.240. The third-order valence-electron chi connectivity index (χ3n) is 4.83. The lowest BCUT2D eigenvalue weighted by atomic mass is 10.2. The van der Waals surface area contributed by atoms with E-state index in [4.69, 9.17) is 21.1 Å². The lowest BCUT2D eigenvalue weighted by Crippen LogP contribution is -2.27. The minimum Gasteiger partial charge on any atom is -0.491 e. The number of ether oxygens (including phenoxy) is 2. The molecule has 0 atom stereocenters. The van der Waals surface area contributed by atoms with Crippen molar-refractivity contribution in [1.29, 1.82) is 0 Å². The van der Waals surface area contributed by atoms with Crippen molar-refractivity contribution in [2.75, 3.05) is 18.5 Å². The van der Waals surface area contributed by atoms with Crippen LogP contribution in [0, 0.1) is 0 Å². The molecule has 0 saturated carbocycles. The highest BCUT2D eigenvalue weighted by Gasteiger charge is 2.12. The third-order valence-corrected chi connectivity index (χ3v) is 5.13. The third kappa shape index (κ3) is 6.09. The number of benzene rings is 2. The zero-order chi connectivity index (χ0) is 23.0. The van der Waals surface area contributed by atoms with Crippen molar-refractivity contribution in [1.82, 2.24) is 20.3 Å². The second-order valence-corrected chi connectivity index (χ2v) is 8.12. The highest BCUT2D eigenvalue weighted by atomic mass is 35.5. The number of nitrogens with zero attached hydrogens (tertiary/aromatic N) is 3. The molecule has 0 unspecified atom stereocenters. The van der Waals surface area contributed by atoms with Gasteiger partial charge in [-0.15, -0.1) is 0 Å². The molecule has 0 aliphatic rings. The molecule has 0 aliphatic heterocycles. The Kier molecular flexibility index (Phi) is 7.55. The van der Waals surface area contributed by atoms with Gasteiger partial charge in [-0.2, -0.15) is 0 Å². The van der Waals surface area contributed by atoms with Crippen LogP contribution in [0.2, 0.25) is 5.02 Å². The standard InChI is InChI=1S/C25H26ClN5O2/c1-17(2)27-12-13-32-23-8-5-7-21-24(23)25(30-16-29-21)31-18-9-10-22(20(26)14-18)33-15-19-6-3-4-11-28-19/h3-11,14,16-17,27H,12-13,15H2,1-2H3,(H,29,30,31). The van der Waals surface area contributed by atoms with Crippen molar-refractivity contribution >= 4 is 34.0 Å². The Hall–Kier alpha value is -3.42. The number of rotatable bonds is 10. The second kappa shape index (κ2) is 10.9. The minimum absolute atomic E-state index is 0.344. The molecule has 2 heterocycles. The Morgan fingerprint density at radius 1 is 0.939 bits per heavy atom. The number of aromatic nitrogens is 3. The van der Waals surface area contributed by atoms with E-state index in [9.17, 15) is 0 Å². The lowest BCUT2D eigenvalue weighted by Gasteiger charge is -2.15. The van der Waals surface area contributed by atoms with Gasteiger partial charge in [-0.1, -0.05) is 37.6 Å². The van der Waals surface area contributed by atoms with Crippen molar-refractivity contribution < 1.29 is 9.47 Å². The summed E-state index contributed by atoms with van der Waals surface area (Å²) < 4.78 is 11.8. The van der Waals surface area contributed by atoms with E-state index in [2.05, 4.69) is 39.4 Å². The number of hydrogen-bond acceptors (Lipinski definition) is 7. The largest absolute Gasteiger partial charge is 0.491 e. The van der Waals surface area contributed by atoms with Gasteiger partial charge in [0, 0.05) is 24.5 Å². The van der Waals surface area contributed by atoms with Crippen LogP contribution in [0.4, 0.5) is 11.5 Å². The van der Waals surface area contributed by atoms with E-state index >= 15 is 0 Å². The Morgan fingerprint density at radius 3 is 2.64 bits per heavy atom. The van der Waals surface area contributed by atoms with E-state index in [1.54, 1.807) is 12.3 Å². The average molecular weight is 464 g/mol. The van der Waals surface area contributed by atoms with E-state index in [1.165, 1.54) is 6.33 Å². The summed E-state index contributed by atoms with van der Waals surface area (Å²) in [6.45, 7) is 5.84. The molecule has 2 N–H and O–H groups in total. The summed E-state index contributed by atoms with van der Waals surface area (Å²) in [5, 5.41) is 7.99. The summed E-state index contributed by atoms with van der Waals surface area (Å²) in [6, 6.07) is 17.4. The molecule has 0 saturated heterocycles. The first-order chi connectivity index (χ1) is 16.1. The smallest absolute Gasteiger partial charge is 0.145 e. The predicted octanol–water partition coefficient (Wildman–Crippen LogP) is 5.38. The van der Waals surface area contributed by atoms with Gasteiger partial charge in [0.05, 0.1) is 21.6 Å². The fourth-order valence-corrected chi connectivity index (χ4v) is 3.50. The predicted molar refractivity (Wildman–Crippen MR) is 131 cm³/mol. The first-order valence-electron chi connectivity index (χ1n) is 10.8. The Labute approximate surface area is 198 Å². The molecule has 2 aromatic carbocycles. The zero-order valence-electron chi connectivity index (χ0n) is 18.6. The van der Waals surface area contributed by atoms with Crippen LogP contribution in [0.1, 0.15) is 19.5 Å². The van der Waals surface area contributed by atoms with Crippen LogP contribution in [0.15, 0.2) is 67.1 Å². The molecule has 0 bridgehead atoms. The van der Waals surface area contributed by atoms with Crippen molar-refractivity contribution in [3.63, 3.8) is 0 Å². The normalized spacial score (nSPS) is 11.0. The van der Waals surface area contributed by atoms with Gasteiger partial charge in [0.2, 0.25) is 0 Å². The van der Waals surface area contributed by atoms with Crippen LogP contribution < -0.4 is 20.1 Å². The number of nitrogens with one attached hydrogen (secondary N) is 2. The van der Waals surface area contributed by atoms with Crippen molar-refractivity contribution in [3.05, 3.63) is 77.8 Å². The molecule has 33 heavy (non-hydrogen) atoms. The first kappa shape index (κ1) is 22.8. The van der Waals surface area contributed by atoms with E-state index in [0.29, 0.717) is 35.8 Å². The Morgan fingerprint density at radius 2 is 1.85 bits per heavy atom. The molecule has 7 nitrogen and oxygen atoms in total. The maximum atomic E-state index is 6.47. The van der Waals surface area contributed by atoms with E-state index in [-0.39, 0.29) is 0 Å². The highest BCUT2D eigenvalue weighted by Crippen LogP contribution is 2.34. The van der Waals surface area contributed by atoms with Crippen molar-refractivity contribution in [3.8, 4) is 11.5 Å². The van der Waals surface area contributed by atoms with Crippen LogP contribution in [0.5, 0.6) is 11.5 Å². The summed E-state index contributed by atoms with van der Waals surface area (Å²) in [4.78, 5) is 13.1. The van der Waals surface area contributed by atoms with Gasteiger partial charge in [-0.25, -0.2) is 9.97 Å². The molecule has 0 spiro atoms. The van der Waals surface area contributed by atoms with Gasteiger partial charge in [0.1, 0.15) is 36.9 Å². The molecule has 0 aliphatic carbocycles. The van der Waals surface area contributed by atoms with Gasteiger partial charge >= 0.3 is 0 Å². The number of halogens is 1. The van der Waals surface area contributed by atoms with Crippen LogP contribution in [0.25, 0.3) is 10.9 Å². The number of pyridine rings is 1. The van der Waals surface area contributed by atoms with Crippen molar-refractivity contribution in [2.24, 2.45) is 0 Å². The molecule has 0 fully saturated rings. The number of hydrogen-bond donors (Lipinski definition) is 2. The molecular weight excluding hydrogens is 438 g/mol. The topological polar surface area (TPSA) is 81.2 Å². The molecular formula is C25H26ClN5O2. The van der Waals surface area contributed by atoms with Gasteiger partial charge in [0.25, 0.3) is 0 Å². The second-order valence-electron chi connectivity index (χ2n) is 7.71.